The molecule has 0 unspecified atom stereocenters. The Morgan fingerprint density at radius 3 is 2.59 bits per heavy atom. The molecule has 8 heteroatoms. The van der Waals surface area contributed by atoms with Gasteiger partial charge >= 0.3 is 0 Å². The van der Waals surface area contributed by atoms with Crippen molar-refractivity contribution in [2.75, 3.05) is 0 Å². The van der Waals surface area contributed by atoms with Gasteiger partial charge in [-0.15, -0.1) is 0 Å². The molecular weight excluding hydrogens is 354 g/mol. The number of benzene rings is 2. The van der Waals surface area contributed by atoms with Crippen LogP contribution in [0.5, 0.6) is 5.75 Å². The first-order valence-corrected chi connectivity index (χ1v) is 6.83. The van der Waals surface area contributed by atoms with Crippen molar-refractivity contribution in [3.8, 4) is 5.75 Å². The van der Waals surface area contributed by atoms with Gasteiger partial charge < -0.3 is 5.11 Å². The van der Waals surface area contributed by atoms with Crippen LogP contribution in [0.15, 0.2) is 52.0 Å². The van der Waals surface area contributed by atoms with Crippen LogP contribution in [-0.4, -0.2) is 22.2 Å². The van der Waals surface area contributed by atoms with Gasteiger partial charge in [0.05, 0.1) is 11.1 Å². The van der Waals surface area contributed by atoms with Gasteiger partial charge in [0.1, 0.15) is 5.75 Å². The third-order valence-electron chi connectivity index (χ3n) is 2.70. The summed E-state index contributed by atoms with van der Waals surface area (Å²) >= 11 is 3.26. The quantitative estimate of drug-likeness (QED) is 0.494. The molecule has 0 aliphatic heterocycles. The van der Waals surface area contributed by atoms with Crippen LogP contribution >= 0.6 is 15.9 Å². The molecule has 2 rings (SSSR count). The number of hydrogen-bond acceptors (Lipinski definition) is 5. The van der Waals surface area contributed by atoms with Crippen molar-refractivity contribution in [3.63, 3.8) is 0 Å². The van der Waals surface area contributed by atoms with Crippen LogP contribution in [0.25, 0.3) is 0 Å². The summed E-state index contributed by atoms with van der Waals surface area (Å²) in [6.45, 7) is 0. The van der Waals surface area contributed by atoms with Crippen LogP contribution in [0, 0.1) is 10.1 Å². The lowest BCUT2D eigenvalue weighted by Crippen LogP contribution is -2.17. The highest BCUT2D eigenvalue weighted by atomic mass is 79.9. The molecule has 0 saturated carbocycles. The SMILES string of the molecule is O=C(N/N=C\c1cc([N+](=O)[O-])ccc1O)c1ccc(Br)cc1. The number of phenolic OH excluding ortho intramolecular Hbond substituents is 1. The number of hydrogen-bond donors (Lipinski definition) is 2. The number of nitro benzene ring substituents is 1. The predicted octanol–water partition coefficient (Wildman–Crippen LogP) is 2.83. The molecule has 1 amide bonds. The van der Waals surface area contributed by atoms with Gasteiger partial charge in [-0.05, 0) is 30.3 Å². The Labute approximate surface area is 133 Å². The van der Waals surface area contributed by atoms with Gasteiger partial charge in [0.25, 0.3) is 11.6 Å². The fraction of sp³-hybridized carbons (Fsp3) is 0. The van der Waals surface area contributed by atoms with Crippen molar-refractivity contribution in [1.82, 2.24) is 5.43 Å². The summed E-state index contributed by atoms with van der Waals surface area (Å²) in [7, 11) is 0. The molecule has 0 atom stereocenters. The Balaban J connectivity index is 2.09. The minimum atomic E-state index is -0.586. The highest BCUT2D eigenvalue weighted by Gasteiger charge is 2.09. The maximum absolute atomic E-state index is 11.8. The summed E-state index contributed by atoms with van der Waals surface area (Å²) in [5.74, 6) is -0.610. The number of nitro groups is 1. The molecule has 22 heavy (non-hydrogen) atoms. The van der Waals surface area contributed by atoms with Gasteiger partial charge in [0.15, 0.2) is 0 Å². The lowest BCUT2D eigenvalue weighted by molar-refractivity contribution is -0.384. The molecule has 2 N–H and O–H groups in total. The summed E-state index contributed by atoms with van der Waals surface area (Å²) < 4.78 is 0.842. The number of carbonyl (C=O) groups is 1. The van der Waals surface area contributed by atoms with E-state index in [1.54, 1.807) is 24.3 Å². The number of non-ortho nitro benzene ring substituents is 1. The van der Waals surface area contributed by atoms with Gasteiger partial charge in [-0.1, -0.05) is 15.9 Å². The summed E-state index contributed by atoms with van der Waals surface area (Å²) in [6.07, 6.45) is 1.14. The van der Waals surface area contributed by atoms with Gasteiger partial charge in [0, 0.05) is 27.7 Å². The van der Waals surface area contributed by atoms with E-state index in [0.29, 0.717) is 5.56 Å². The van der Waals surface area contributed by atoms with E-state index in [9.17, 15) is 20.0 Å². The molecule has 0 aromatic heterocycles. The molecule has 0 heterocycles. The smallest absolute Gasteiger partial charge is 0.271 e. The second-order valence-corrected chi connectivity index (χ2v) is 5.12. The zero-order valence-electron chi connectivity index (χ0n) is 11.1. The van der Waals surface area contributed by atoms with Gasteiger partial charge in [-0.3, -0.25) is 14.9 Å². The zero-order chi connectivity index (χ0) is 16.1. The van der Waals surface area contributed by atoms with Crippen LogP contribution in [0.3, 0.4) is 0 Å². The fourth-order valence-corrected chi connectivity index (χ4v) is 1.85. The molecule has 0 spiro atoms. The van der Waals surface area contributed by atoms with E-state index in [0.717, 1.165) is 16.8 Å². The summed E-state index contributed by atoms with van der Waals surface area (Å²) in [5.41, 5.74) is 2.63. The maximum atomic E-state index is 11.8. The lowest BCUT2D eigenvalue weighted by atomic mass is 10.2. The monoisotopic (exact) mass is 363 g/mol. The van der Waals surface area contributed by atoms with Crippen LogP contribution in [0.1, 0.15) is 15.9 Å². The first-order valence-electron chi connectivity index (χ1n) is 6.04. The van der Waals surface area contributed by atoms with E-state index in [-0.39, 0.29) is 17.0 Å². The Morgan fingerprint density at radius 2 is 1.95 bits per heavy atom. The average Bonchev–Trinajstić information content (AvgIpc) is 2.49. The van der Waals surface area contributed by atoms with E-state index in [4.69, 9.17) is 0 Å². The van der Waals surface area contributed by atoms with E-state index in [2.05, 4.69) is 26.5 Å². The van der Waals surface area contributed by atoms with Crippen LogP contribution in [0.4, 0.5) is 5.69 Å². The standard InChI is InChI=1S/C14H10BrN3O4/c15-11-3-1-9(2-4-11)14(20)17-16-8-10-7-12(18(21)22)5-6-13(10)19/h1-8,19H,(H,17,20)/b16-8-. The minimum absolute atomic E-state index is 0.130. The lowest BCUT2D eigenvalue weighted by Gasteiger charge is -2.01. The van der Waals surface area contributed by atoms with Crippen molar-refractivity contribution in [2.24, 2.45) is 5.10 Å². The molecule has 2 aromatic rings. The highest BCUT2D eigenvalue weighted by molar-refractivity contribution is 9.10. The summed E-state index contributed by atoms with van der Waals surface area (Å²) in [5, 5.41) is 23.9. The number of phenols is 1. The maximum Gasteiger partial charge on any atom is 0.271 e. The third kappa shape index (κ3) is 3.89. The predicted molar refractivity (Wildman–Crippen MR) is 84.0 cm³/mol. The van der Waals surface area contributed by atoms with Crippen molar-refractivity contribution in [2.45, 2.75) is 0 Å². The van der Waals surface area contributed by atoms with E-state index in [1.165, 1.54) is 12.1 Å². The first kappa shape index (κ1) is 15.6. The number of nitrogens with zero attached hydrogens (tertiary/aromatic N) is 2. The molecule has 112 valence electrons. The number of amides is 1. The molecule has 0 aliphatic rings. The van der Waals surface area contributed by atoms with Gasteiger partial charge in [-0.25, -0.2) is 5.43 Å². The normalized spacial score (nSPS) is 10.6. The highest BCUT2D eigenvalue weighted by Crippen LogP contribution is 2.21. The topological polar surface area (TPSA) is 105 Å². The number of nitrogens with one attached hydrogen (secondary N) is 1. The van der Waals surface area contributed by atoms with Gasteiger partial charge in [0.2, 0.25) is 0 Å². The summed E-state index contributed by atoms with van der Waals surface area (Å²) in [4.78, 5) is 21.9. The Morgan fingerprint density at radius 1 is 1.27 bits per heavy atom. The fourth-order valence-electron chi connectivity index (χ4n) is 1.59. The van der Waals surface area contributed by atoms with Crippen LogP contribution in [-0.2, 0) is 0 Å². The second-order valence-electron chi connectivity index (χ2n) is 4.21. The van der Waals surface area contributed by atoms with E-state index >= 15 is 0 Å². The number of halogens is 1. The average molecular weight is 364 g/mol. The van der Waals surface area contributed by atoms with Crippen LogP contribution < -0.4 is 5.43 Å². The van der Waals surface area contributed by atoms with Gasteiger partial charge in [-0.2, -0.15) is 5.10 Å². The van der Waals surface area contributed by atoms with E-state index < -0.39 is 10.8 Å². The van der Waals surface area contributed by atoms with Crippen molar-refractivity contribution in [3.05, 3.63) is 68.2 Å². The number of rotatable bonds is 4. The molecule has 7 nitrogen and oxygen atoms in total. The largest absolute Gasteiger partial charge is 0.507 e. The molecule has 0 fully saturated rings. The summed E-state index contributed by atoms with van der Waals surface area (Å²) in [6, 6.07) is 10.2. The minimum Gasteiger partial charge on any atom is -0.507 e. The van der Waals surface area contributed by atoms with Crippen LogP contribution in [0.2, 0.25) is 0 Å². The Hall–Kier alpha value is -2.74. The Bertz CT molecular complexity index is 744. The molecular formula is C14H10BrN3O4. The molecule has 0 radical (unpaired) electrons. The second kappa shape index (κ2) is 6.81. The van der Waals surface area contributed by atoms with Crippen molar-refractivity contribution in [1.29, 1.82) is 0 Å². The molecule has 0 aliphatic carbocycles. The zero-order valence-corrected chi connectivity index (χ0v) is 12.6. The molecule has 0 bridgehead atoms. The third-order valence-corrected chi connectivity index (χ3v) is 3.23. The number of carbonyl (C=O) groups excluding carboxylic acids is 1. The first-order chi connectivity index (χ1) is 10.5. The number of hydrazone groups is 1. The molecule has 0 saturated heterocycles. The molecule has 2 aromatic carbocycles. The van der Waals surface area contributed by atoms with Crippen molar-refractivity contribution < 1.29 is 14.8 Å². The Kier molecular flexibility index (Phi) is 4.84. The van der Waals surface area contributed by atoms with Crippen molar-refractivity contribution >= 4 is 33.7 Å². The van der Waals surface area contributed by atoms with E-state index in [1.807, 2.05) is 0 Å². The number of aromatic hydroxyl groups is 1.